The van der Waals surface area contributed by atoms with E-state index >= 15 is 0 Å². The van der Waals surface area contributed by atoms with Crippen LogP contribution in [0.4, 0.5) is 5.82 Å². The summed E-state index contributed by atoms with van der Waals surface area (Å²) in [5.74, 6) is -0.313. The van der Waals surface area contributed by atoms with Crippen molar-refractivity contribution in [1.29, 1.82) is 0 Å². The van der Waals surface area contributed by atoms with Crippen LogP contribution < -0.4 is 0 Å². The summed E-state index contributed by atoms with van der Waals surface area (Å²) in [4.78, 5) is 24.4. The number of halogens is 1. The van der Waals surface area contributed by atoms with Crippen LogP contribution in [0.1, 0.15) is 33.1 Å². The van der Waals surface area contributed by atoms with Crippen molar-refractivity contribution >= 4 is 27.7 Å². The van der Waals surface area contributed by atoms with E-state index in [4.69, 9.17) is 0 Å². The number of hydrogen-bond acceptors (Lipinski definition) is 4. The van der Waals surface area contributed by atoms with E-state index in [-0.39, 0.29) is 34.8 Å². The van der Waals surface area contributed by atoms with Crippen LogP contribution in [0.5, 0.6) is 0 Å². The molecule has 0 radical (unpaired) electrons. The summed E-state index contributed by atoms with van der Waals surface area (Å²) in [6, 6.07) is 0.417. The van der Waals surface area contributed by atoms with Gasteiger partial charge in [0.15, 0.2) is 0 Å². The van der Waals surface area contributed by atoms with Crippen LogP contribution in [-0.2, 0) is 11.3 Å². The molecule has 20 heavy (non-hydrogen) atoms. The molecule has 110 valence electrons. The van der Waals surface area contributed by atoms with Crippen molar-refractivity contribution in [2.45, 2.75) is 51.7 Å². The molecule has 0 N–H and O–H groups in total. The molecule has 1 saturated heterocycles. The van der Waals surface area contributed by atoms with Crippen molar-refractivity contribution in [2.24, 2.45) is 0 Å². The molecule has 8 heteroatoms. The molecule has 2 unspecified atom stereocenters. The van der Waals surface area contributed by atoms with Gasteiger partial charge in [0.2, 0.25) is 5.91 Å². The quantitative estimate of drug-likeness (QED) is 0.622. The highest BCUT2D eigenvalue weighted by atomic mass is 79.9. The number of rotatable bonds is 3. The fraction of sp³-hybridized carbons (Fsp3) is 0.667. The average Bonchev–Trinajstić information content (AvgIpc) is 2.70. The minimum Gasteiger partial charge on any atom is -0.358 e. The number of likely N-dealkylation sites (tertiary alicyclic amines) is 1. The highest BCUT2D eigenvalue weighted by Gasteiger charge is 2.30. The van der Waals surface area contributed by atoms with E-state index in [1.54, 1.807) is 0 Å². The molecule has 2 heterocycles. The third-order valence-corrected chi connectivity index (χ3v) is 4.21. The Morgan fingerprint density at radius 2 is 2.10 bits per heavy atom. The van der Waals surface area contributed by atoms with Crippen LogP contribution in [-0.4, -0.2) is 37.6 Å². The van der Waals surface area contributed by atoms with E-state index in [1.165, 1.54) is 10.9 Å². The standard InChI is InChI=1S/C12H17BrN4O3/c1-8-4-3-5-9(2)16(8)11(18)7-15-6-10(13)12(14-15)17(19)20/h6,8-9H,3-5,7H2,1-2H3. The number of amides is 1. The zero-order valence-corrected chi connectivity index (χ0v) is 13.0. The Bertz CT molecular complexity index is 521. The molecule has 0 aromatic carbocycles. The number of piperidine rings is 1. The number of carbonyl (C=O) groups excluding carboxylic acids is 1. The first kappa shape index (κ1) is 15.0. The summed E-state index contributed by atoms with van der Waals surface area (Å²) in [5, 5.41) is 14.5. The van der Waals surface area contributed by atoms with Gasteiger partial charge in [0.25, 0.3) is 0 Å². The normalized spacial score (nSPS) is 22.9. The molecule has 0 aliphatic carbocycles. The second kappa shape index (κ2) is 5.90. The lowest BCUT2D eigenvalue weighted by Gasteiger charge is -2.38. The molecule has 2 atom stereocenters. The van der Waals surface area contributed by atoms with E-state index in [2.05, 4.69) is 21.0 Å². The number of nitro groups is 1. The van der Waals surface area contributed by atoms with Crippen molar-refractivity contribution in [1.82, 2.24) is 14.7 Å². The smallest absolute Gasteiger partial charge is 0.358 e. The molecule has 1 aliphatic rings. The summed E-state index contributed by atoms with van der Waals surface area (Å²) in [5.41, 5.74) is 0. The Morgan fingerprint density at radius 3 is 2.60 bits per heavy atom. The fourth-order valence-electron chi connectivity index (χ4n) is 2.72. The van der Waals surface area contributed by atoms with Crippen molar-refractivity contribution in [3.63, 3.8) is 0 Å². The van der Waals surface area contributed by atoms with E-state index in [9.17, 15) is 14.9 Å². The summed E-state index contributed by atoms with van der Waals surface area (Å²) in [7, 11) is 0. The van der Waals surface area contributed by atoms with E-state index in [1.807, 2.05) is 18.7 Å². The third-order valence-electron chi connectivity index (χ3n) is 3.65. The SMILES string of the molecule is CC1CCCC(C)N1C(=O)Cn1cc(Br)c([N+](=O)[O-])n1. The van der Waals surface area contributed by atoms with Gasteiger partial charge in [-0.05, 0) is 54.0 Å². The topological polar surface area (TPSA) is 81.3 Å². The number of aromatic nitrogens is 2. The Balaban J connectivity index is 2.11. The lowest BCUT2D eigenvalue weighted by Crippen LogP contribution is -2.48. The van der Waals surface area contributed by atoms with E-state index in [0.717, 1.165) is 19.3 Å². The second-order valence-corrected chi connectivity index (χ2v) is 6.04. The lowest BCUT2D eigenvalue weighted by atomic mass is 9.97. The Hall–Kier alpha value is -1.44. The Labute approximate surface area is 125 Å². The molecule has 1 aliphatic heterocycles. The molecule has 2 rings (SSSR count). The summed E-state index contributed by atoms with van der Waals surface area (Å²) >= 11 is 3.08. The number of hydrogen-bond donors (Lipinski definition) is 0. The predicted octanol–water partition coefficient (Wildman–Crippen LogP) is 2.34. The van der Waals surface area contributed by atoms with Gasteiger partial charge in [-0.3, -0.25) is 4.79 Å². The largest absolute Gasteiger partial charge is 0.404 e. The summed E-state index contributed by atoms with van der Waals surface area (Å²) < 4.78 is 1.61. The van der Waals surface area contributed by atoms with Crippen molar-refractivity contribution in [3.8, 4) is 0 Å². The first-order valence-corrected chi connectivity index (χ1v) is 7.38. The van der Waals surface area contributed by atoms with Gasteiger partial charge in [-0.1, -0.05) is 0 Å². The first-order chi connectivity index (χ1) is 9.40. The maximum atomic E-state index is 12.4. The lowest BCUT2D eigenvalue weighted by molar-refractivity contribution is -0.390. The van der Waals surface area contributed by atoms with Gasteiger partial charge in [-0.15, -0.1) is 0 Å². The molecule has 0 spiro atoms. The Kier molecular flexibility index (Phi) is 4.42. The fourth-order valence-corrected chi connectivity index (χ4v) is 3.19. The van der Waals surface area contributed by atoms with E-state index in [0.29, 0.717) is 0 Å². The summed E-state index contributed by atoms with van der Waals surface area (Å²) in [6.45, 7) is 4.10. The monoisotopic (exact) mass is 344 g/mol. The molecule has 1 aromatic heterocycles. The molecular weight excluding hydrogens is 328 g/mol. The minimum atomic E-state index is -0.572. The van der Waals surface area contributed by atoms with Crippen LogP contribution in [0.2, 0.25) is 0 Å². The van der Waals surface area contributed by atoms with Gasteiger partial charge < -0.3 is 15.0 Å². The van der Waals surface area contributed by atoms with Crippen LogP contribution in [0.25, 0.3) is 0 Å². The first-order valence-electron chi connectivity index (χ1n) is 6.58. The molecule has 0 saturated carbocycles. The number of nitrogens with zero attached hydrogens (tertiary/aromatic N) is 4. The predicted molar refractivity (Wildman–Crippen MR) is 76.2 cm³/mol. The van der Waals surface area contributed by atoms with Crippen LogP contribution >= 0.6 is 15.9 Å². The third kappa shape index (κ3) is 3.00. The van der Waals surface area contributed by atoms with Gasteiger partial charge in [-0.2, -0.15) is 4.68 Å². The molecular formula is C12H17BrN4O3. The van der Waals surface area contributed by atoms with Crippen LogP contribution in [0.3, 0.4) is 0 Å². The van der Waals surface area contributed by atoms with Crippen molar-refractivity contribution in [3.05, 3.63) is 20.8 Å². The molecule has 0 bridgehead atoms. The molecule has 1 amide bonds. The minimum absolute atomic E-state index is 0.0289. The van der Waals surface area contributed by atoms with Crippen LogP contribution in [0, 0.1) is 10.1 Å². The Morgan fingerprint density at radius 1 is 1.50 bits per heavy atom. The maximum absolute atomic E-state index is 12.4. The van der Waals surface area contributed by atoms with Crippen LogP contribution in [0.15, 0.2) is 10.7 Å². The number of carbonyl (C=O) groups is 1. The highest BCUT2D eigenvalue weighted by Crippen LogP contribution is 2.24. The van der Waals surface area contributed by atoms with E-state index < -0.39 is 4.92 Å². The molecule has 1 fully saturated rings. The molecule has 1 aromatic rings. The zero-order chi connectivity index (χ0) is 14.9. The van der Waals surface area contributed by atoms with Gasteiger partial charge in [0.05, 0.1) is 11.3 Å². The second-order valence-electron chi connectivity index (χ2n) is 5.19. The van der Waals surface area contributed by atoms with Crippen molar-refractivity contribution in [2.75, 3.05) is 0 Å². The highest BCUT2D eigenvalue weighted by molar-refractivity contribution is 9.10. The van der Waals surface area contributed by atoms with Gasteiger partial charge in [0, 0.05) is 12.1 Å². The maximum Gasteiger partial charge on any atom is 0.404 e. The van der Waals surface area contributed by atoms with Gasteiger partial charge in [-0.25, -0.2) is 0 Å². The average molecular weight is 345 g/mol. The zero-order valence-electron chi connectivity index (χ0n) is 11.5. The van der Waals surface area contributed by atoms with Gasteiger partial charge >= 0.3 is 5.82 Å². The van der Waals surface area contributed by atoms with Crippen molar-refractivity contribution < 1.29 is 9.72 Å². The van der Waals surface area contributed by atoms with Gasteiger partial charge in [0.1, 0.15) is 11.0 Å². The molecule has 7 nitrogen and oxygen atoms in total. The summed E-state index contributed by atoms with van der Waals surface area (Å²) in [6.07, 6.45) is 4.60.